The second-order valence-corrected chi connectivity index (χ2v) is 3.27. The smallest absolute Gasteiger partial charge is 0.0921 e. The normalized spacial score (nSPS) is 38.0. The highest BCUT2D eigenvalue weighted by molar-refractivity contribution is 5.24. The van der Waals surface area contributed by atoms with Gasteiger partial charge < -0.3 is 10.7 Å². The van der Waals surface area contributed by atoms with Crippen LogP contribution in [0.2, 0.25) is 0 Å². The highest BCUT2D eigenvalue weighted by Gasteiger charge is 2.48. The number of imidazole rings is 1. The van der Waals surface area contributed by atoms with Crippen LogP contribution in [0, 0.1) is 0 Å². The fraction of sp³-hybridized carbons (Fsp3) is 0.571. The molecule has 0 unspecified atom stereocenters. The summed E-state index contributed by atoms with van der Waals surface area (Å²) in [5.41, 5.74) is 7.04. The van der Waals surface area contributed by atoms with Crippen molar-refractivity contribution >= 4 is 0 Å². The molecule has 3 heteroatoms. The van der Waals surface area contributed by atoms with Crippen molar-refractivity contribution in [3.8, 4) is 0 Å². The molecule has 2 atom stereocenters. The molecule has 0 amide bonds. The Morgan fingerprint density at radius 3 is 3.00 bits per heavy atom. The summed E-state index contributed by atoms with van der Waals surface area (Å²) in [4.78, 5) is 7.00. The predicted molar refractivity (Wildman–Crippen MR) is 38.5 cm³/mol. The minimum atomic E-state index is 0.0204. The van der Waals surface area contributed by atoms with Gasteiger partial charge in [-0.15, -0.1) is 0 Å². The molecule has 3 N–H and O–H groups in total. The van der Waals surface area contributed by atoms with E-state index in [9.17, 15) is 0 Å². The van der Waals surface area contributed by atoms with Crippen LogP contribution in [-0.4, -0.2) is 15.5 Å². The van der Waals surface area contributed by atoms with Crippen LogP contribution >= 0.6 is 0 Å². The van der Waals surface area contributed by atoms with E-state index in [-0.39, 0.29) is 5.54 Å². The Balaban J connectivity index is 2.19. The molecule has 1 heterocycles. The molecule has 1 aromatic rings. The third-order valence-electron chi connectivity index (χ3n) is 2.17. The molecule has 0 aromatic carbocycles. The molecule has 0 saturated heterocycles. The van der Waals surface area contributed by atoms with Gasteiger partial charge in [-0.25, -0.2) is 4.98 Å². The summed E-state index contributed by atoms with van der Waals surface area (Å²) < 4.78 is 0. The summed E-state index contributed by atoms with van der Waals surface area (Å²) in [5, 5.41) is 0. The van der Waals surface area contributed by atoms with E-state index in [4.69, 9.17) is 5.73 Å². The van der Waals surface area contributed by atoms with Gasteiger partial charge in [-0.2, -0.15) is 0 Å². The van der Waals surface area contributed by atoms with E-state index in [0.29, 0.717) is 5.92 Å². The summed E-state index contributed by atoms with van der Waals surface area (Å²) in [6.07, 6.45) is 4.63. The SMILES string of the molecule is C[C@@]1(N)C[C@H]1c1cnc[nH]1. The van der Waals surface area contributed by atoms with Gasteiger partial charge in [-0.3, -0.25) is 0 Å². The van der Waals surface area contributed by atoms with Crippen molar-refractivity contribution < 1.29 is 0 Å². The maximum absolute atomic E-state index is 5.85. The average molecular weight is 137 g/mol. The molecule has 10 heavy (non-hydrogen) atoms. The molecule has 0 radical (unpaired) electrons. The third kappa shape index (κ3) is 0.743. The Labute approximate surface area is 59.7 Å². The van der Waals surface area contributed by atoms with Crippen LogP contribution in [0.25, 0.3) is 0 Å². The van der Waals surface area contributed by atoms with Crippen molar-refractivity contribution in [3.63, 3.8) is 0 Å². The minimum absolute atomic E-state index is 0.0204. The third-order valence-corrected chi connectivity index (χ3v) is 2.17. The number of nitrogens with two attached hydrogens (primary N) is 1. The van der Waals surface area contributed by atoms with Gasteiger partial charge in [0.05, 0.1) is 6.33 Å². The van der Waals surface area contributed by atoms with E-state index in [2.05, 4.69) is 16.9 Å². The molecule has 54 valence electrons. The van der Waals surface area contributed by atoms with Gasteiger partial charge in [0, 0.05) is 23.3 Å². The van der Waals surface area contributed by atoms with Gasteiger partial charge in [-0.1, -0.05) is 0 Å². The van der Waals surface area contributed by atoms with Crippen LogP contribution < -0.4 is 5.73 Å². The zero-order valence-corrected chi connectivity index (χ0v) is 5.96. The van der Waals surface area contributed by atoms with E-state index < -0.39 is 0 Å². The lowest BCUT2D eigenvalue weighted by Gasteiger charge is -1.98. The molecule has 3 nitrogen and oxygen atoms in total. The van der Waals surface area contributed by atoms with Crippen molar-refractivity contribution in [1.29, 1.82) is 0 Å². The van der Waals surface area contributed by atoms with Crippen molar-refractivity contribution in [3.05, 3.63) is 18.2 Å². The number of rotatable bonds is 1. The number of aromatic amines is 1. The maximum Gasteiger partial charge on any atom is 0.0921 e. The van der Waals surface area contributed by atoms with Gasteiger partial charge >= 0.3 is 0 Å². The van der Waals surface area contributed by atoms with Crippen LogP contribution in [0.3, 0.4) is 0 Å². The number of H-pyrrole nitrogens is 1. The first-order chi connectivity index (χ1) is 4.70. The Morgan fingerprint density at radius 1 is 1.90 bits per heavy atom. The summed E-state index contributed by atoms with van der Waals surface area (Å²) in [5.74, 6) is 0.509. The topological polar surface area (TPSA) is 54.7 Å². The quantitative estimate of drug-likeness (QED) is 0.596. The largest absolute Gasteiger partial charge is 0.348 e. The van der Waals surface area contributed by atoms with Crippen molar-refractivity contribution in [1.82, 2.24) is 9.97 Å². The van der Waals surface area contributed by atoms with E-state index >= 15 is 0 Å². The zero-order chi connectivity index (χ0) is 7.19. The zero-order valence-electron chi connectivity index (χ0n) is 5.96. The lowest BCUT2D eigenvalue weighted by Crippen LogP contribution is -2.18. The summed E-state index contributed by atoms with van der Waals surface area (Å²) in [7, 11) is 0. The summed E-state index contributed by atoms with van der Waals surface area (Å²) in [6.45, 7) is 2.07. The Kier molecular flexibility index (Phi) is 0.951. The van der Waals surface area contributed by atoms with Crippen LogP contribution in [0.1, 0.15) is 25.0 Å². The molecule has 1 aliphatic rings. The molecule has 1 saturated carbocycles. The standard InChI is InChI=1S/C7H11N3/c1-7(8)2-5(7)6-3-9-4-10-6/h3-5H,2,8H2,1H3,(H,9,10)/t5-,7+/m0/s1. The fourth-order valence-electron chi connectivity index (χ4n) is 1.30. The summed E-state index contributed by atoms with van der Waals surface area (Å²) in [6, 6.07) is 0. The van der Waals surface area contributed by atoms with E-state index in [1.165, 1.54) is 5.69 Å². The van der Waals surface area contributed by atoms with Crippen molar-refractivity contribution in [2.45, 2.75) is 24.8 Å². The Morgan fingerprint density at radius 2 is 2.60 bits per heavy atom. The molecule has 1 aliphatic carbocycles. The highest BCUT2D eigenvalue weighted by atomic mass is 14.9. The average Bonchev–Trinajstić information content (AvgIpc) is 2.31. The van der Waals surface area contributed by atoms with Gasteiger partial charge in [-0.05, 0) is 13.3 Å². The van der Waals surface area contributed by atoms with Crippen LogP contribution in [0.5, 0.6) is 0 Å². The Bertz CT molecular complexity index is 225. The van der Waals surface area contributed by atoms with Gasteiger partial charge in [0.15, 0.2) is 0 Å². The van der Waals surface area contributed by atoms with Gasteiger partial charge in [0.1, 0.15) is 0 Å². The number of nitrogens with zero attached hydrogens (tertiary/aromatic N) is 1. The molecule has 2 rings (SSSR count). The van der Waals surface area contributed by atoms with Crippen molar-refractivity contribution in [2.24, 2.45) is 5.73 Å². The van der Waals surface area contributed by atoms with Crippen LogP contribution in [-0.2, 0) is 0 Å². The van der Waals surface area contributed by atoms with E-state index in [1.807, 2.05) is 6.20 Å². The van der Waals surface area contributed by atoms with Gasteiger partial charge in [0.25, 0.3) is 0 Å². The highest BCUT2D eigenvalue weighted by Crippen LogP contribution is 2.47. The Hall–Kier alpha value is -0.830. The molecule has 0 spiro atoms. The number of hydrogen-bond donors (Lipinski definition) is 2. The summed E-state index contributed by atoms with van der Waals surface area (Å²) >= 11 is 0. The molecular formula is C7H11N3. The lowest BCUT2D eigenvalue weighted by molar-refractivity contribution is 0.721. The first-order valence-corrected chi connectivity index (χ1v) is 3.47. The molecular weight excluding hydrogens is 126 g/mol. The van der Waals surface area contributed by atoms with Crippen molar-refractivity contribution in [2.75, 3.05) is 0 Å². The van der Waals surface area contributed by atoms with Crippen LogP contribution in [0.4, 0.5) is 0 Å². The molecule has 1 fully saturated rings. The molecule has 0 aliphatic heterocycles. The van der Waals surface area contributed by atoms with E-state index in [0.717, 1.165) is 6.42 Å². The second-order valence-electron chi connectivity index (χ2n) is 3.27. The first kappa shape index (κ1) is 5.92. The first-order valence-electron chi connectivity index (χ1n) is 3.47. The number of nitrogens with one attached hydrogen (secondary N) is 1. The number of aromatic nitrogens is 2. The maximum atomic E-state index is 5.85. The molecule has 0 bridgehead atoms. The monoisotopic (exact) mass is 137 g/mol. The van der Waals surface area contributed by atoms with Crippen LogP contribution in [0.15, 0.2) is 12.5 Å². The van der Waals surface area contributed by atoms with E-state index in [1.54, 1.807) is 6.33 Å². The second kappa shape index (κ2) is 1.61. The number of hydrogen-bond acceptors (Lipinski definition) is 2. The lowest BCUT2D eigenvalue weighted by atomic mass is 10.2. The molecule has 1 aromatic heterocycles. The minimum Gasteiger partial charge on any atom is -0.348 e. The predicted octanol–water partition coefficient (Wildman–Crippen LogP) is 0.614. The van der Waals surface area contributed by atoms with Gasteiger partial charge in [0.2, 0.25) is 0 Å². The fourth-order valence-corrected chi connectivity index (χ4v) is 1.30.